The number of hydrogen-bond acceptors (Lipinski definition) is 3. The molecule has 2 atom stereocenters. The number of ether oxygens (including phenoxy) is 1. The number of nitrogens with two attached hydrogens (primary N) is 2. The predicted molar refractivity (Wildman–Crippen MR) is 50.0 cm³/mol. The number of primary amides is 1. The van der Waals surface area contributed by atoms with Crippen LogP contribution in [0.3, 0.4) is 0 Å². The maximum atomic E-state index is 11.1. The van der Waals surface area contributed by atoms with Crippen LogP contribution in [-0.4, -0.2) is 24.2 Å². The van der Waals surface area contributed by atoms with Gasteiger partial charge in [-0.25, -0.2) is 0 Å². The number of hydrogen-bond donors (Lipinski definition) is 2. The maximum absolute atomic E-state index is 11.1. The summed E-state index contributed by atoms with van der Waals surface area (Å²) in [5, 5.41) is 0. The van der Waals surface area contributed by atoms with Crippen molar-refractivity contribution in [3.8, 4) is 0 Å². The number of amides is 1. The zero-order valence-corrected chi connectivity index (χ0v) is 8.08. The summed E-state index contributed by atoms with van der Waals surface area (Å²) in [5.74, 6) is -0.406. The Bertz CT molecular complexity index is 194. The second kappa shape index (κ2) is 4.07. The summed E-state index contributed by atoms with van der Waals surface area (Å²) < 4.78 is 5.48. The quantitative estimate of drug-likeness (QED) is 0.658. The molecule has 13 heavy (non-hydrogen) atoms. The summed E-state index contributed by atoms with van der Waals surface area (Å²) in [4.78, 5) is 11.1. The van der Waals surface area contributed by atoms with Crippen LogP contribution in [-0.2, 0) is 9.53 Å². The van der Waals surface area contributed by atoms with Gasteiger partial charge in [0.15, 0.2) is 0 Å². The van der Waals surface area contributed by atoms with Crippen LogP contribution in [0.25, 0.3) is 0 Å². The van der Waals surface area contributed by atoms with E-state index in [0.29, 0.717) is 19.4 Å². The lowest BCUT2D eigenvalue weighted by Gasteiger charge is -2.35. The molecule has 0 aromatic carbocycles. The first-order valence-electron chi connectivity index (χ1n) is 4.79. The molecule has 0 radical (unpaired) electrons. The molecule has 1 rings (SSSR count). The van der Waals surface area contributed by atoms with E-state index in [0.717, 1.165) is 12.8 Å². The van der Waals surface area contributed by atoms with Gasteiger partial charge >= 0.3 is 0 Å². The van der Waals surface area contributed by atoms with Crippen molar-refractivity contribution in [1.82, 2.24) is 0 Å². The minimum atomic E-state index is -0.835. The van der Waals surface area contributed by atoms with Crippen LogP contribution in [0.4, 0.5) is 0 Å². The van der Waals surface area contributed by atoms with E-state index >= 15 is 0 Å². The highest BCUT2D eigenvalue weighted by Crippen LogP contribution is 2.24. The van der Waals surface area contributed by atoms with E-state index in [1.54, 1.807) is 0 Å². The second-order valence-electron chi connectivity index (χ2n) is 3.76. The molecule has 0 aromatic heterocycles. The highest BCUT2D eigenvalue weighted by atomic mass is 16.5. The Hall–Kier alpha value is -0.610. The molecule has 4 nitrogen and oxygen atoms in total. The zero-order valence-electron chi connectivity index (χ0n) is 8.08. The Labute approximate surface area is 78.6 Å². The molecule has 1 heterocycles. The first-order chi connectivity index (χ1) is 6.08. The average molecular weight is 186 g/mol. The van der Waals surface area contributed by atoms with Crippen LogP contribution in [0, 0.1) is 0 Å². The van der Waals surface area contributed by atoms with Crippen LogP contribution < -0.4 is 11.5 Å². The van der Waals surface area contributed by atoms with E-state index in [9.17, 15) is 4.79 Å². The molecule has 1 aliphatic rings. The van der Waals surface area contributed by atoms with Gasteiger partial charge in [0.25, 0.3) is 0 Å². The van der Waals surface area contributed by atoms with Gasteiger partial charge in [0.1, 0.15) is 0 Å². The van der Waals surface area contributed by atoms with Gasteiger partial charge in [-0.2, -0.15) is 0 Å². The lowest BCUT2D eigenvalue weighted by atomic mass is 9.86. The summed E-state index contributed by atoms with van der Waals surface area (Å²) in [6, 6.07) is 0. The lowest BCUT2D eigenvalue weighted by Crippen LogP contribution is -2.57. The molecule has 0 spiro atoms. The van der Waals surface area contributed by atoms with Crippen molar-refractivity contribution in [2.24, 2.45) is 11.5 Å². The van der Waals surface area contributed by atoms with Gasteiger partial charge in [-0.05, 0) is 12.8 Å². The minimum Gasteiger partial charge on any atom is -0.378 e. The largest absolute Gasteiger partial charge is 0.378 e. The smallest absolute Gasteiger partial charge is 0.237 e. The van der Waals surface area contributed by atoms with Crippen molar-refractivity contribution in [2.75, 3.05) is 6.61 Å². The van der Waals surface area contributed by atoms with Crippen molar-refractivity contribution >= 4 is 5.91 Å². The van der Waals surface area contributed by atoms with E-state index < -0.39 is 11.4 Å². The molecule has 0 aliphatic carbocycles. The summed E-state index contributed by atoms with van der Waals surface area (Å²) in [5.41, 5.74) is 10.3. The van der Waals surface area contributed by atoms with Gasteiger partial charge in [0.05, 0.1) is 11.6 Å². The highest BCUT2D eigenvalue weighted by molar-refractivity contribution is 5.84. The Morgan fingerprint density at radius 3 is 2.92 bits per heavy atom. The van der Waals surface area contributed by atoms with E-state index in [1.807, 2.05) is 0 Å². The molecule has 0 aromatic rings. The van der Waals surface area contributed by atoms with Gasteiger partial charge in [-0.3, -0.25) is 4.79 Å². The molecular weight excluding hydrogens is 168 g/mol. The predicted octanol–water partition coefficient (Wildman–Crippen LogP) is 0.148. The topological polar surface area (TPSA) is 78.3 Å². The molecule has 0 saturated carbocycles. The fourth-order valence-corrected chi connectivity index (χ4v) is 1.71. The Morgan fingerprint density at radius 2 is 2.38 bits per heavy atom. The molecule has 2 unspecified atom stereocenters. The Kier molecular flexibility index (Phi) is 3.27. The van der Waals surface area contributed by atoms with Crippen molar-refractivity contribution in [3.63, 3.8) is 0 Å². The minimum absolute atomic E-state index is 0.108. The molecule has 0 bridgehead atoms. The van der Waals surface area contributed by atoms with Gasteiger partial charge < -0.3 is 16.2 Å². The molecule has 4 N–H and O–H groups in total. The van der Waals surface area contributed by atoms with Gasteiger partial charge in [0, 0.05) is 13.0 Å². The Morgan fingerprint density at radius 1 is 1.69 bits per heavy atom. The van der Waals surface area contributed by atoms with Crippen molar-refractivity contribution in [1.29, 1.82) is 0 Å². The van der Waals surface area contributed by atoms with Crippen LogP contribution in [0.5, 0.6) is 0 Å². The van der Waals surface area contributed by atoms with Crippen molar-refractivity contribution in [2.45, 2.75) is 44.2 Å². The van der Waals surface area contributed by atoms with E-state index in [2.05, 4.69) is 6.92 Å². The first-order valence-corrected chi connectivity index (χ1v) is 4.79. The van der Waals surface area contributed by atoms with E-state index in [1.165, 1.54) is 0 Å². The third-order valence-corrected chi connectivity index (χ3v) is 2.60. The fraction of sp³-hybridized carbons (Fsp3) is 0.889. The number of rotatable bonds is 3. The molecule has 1 saturated heterocycles. The molecule has 1 fully saturated rings. The van der Waals surface area contributed by atoms with E-state index in [4.69, 9.17) is 16.2 Å². The summed E-state index contributed by atoms with van der Waals surface area (Å²) in [6.45, 7) is 2.63. The first kappa shape index (κ1) is 10.5. The van der Waals surface area contributed by atoms with Gasteiger partial charge in [-0.15, -0.1) is 0 Å². The normalized spacial score (nSPS) is 34.5. The van der Waals surface area contributed by atoms with Gasteiger partial charge in [-0.1, -0.05) is 13.3 Å². The number of carbonyl (C=O) groups excluding carboxylic acids is 1. The van der Waals surface area contributed by atoms with Crippen LogP contribution >= 0.6 is 0 Å². The molecule has 76 valence electrons. The third kappa shape index (κ3) is 2.42. The summed E-state index contributed by atoms with van der Waals surface area (Å²) in [7, 11) is 0. The maximum Gasteiger partial charge on any atom is 0.237 e. The summed E-state index contributed by atoms with van der Waals surface area (Å²) in [6.07, 6.45) is 3.21. The summed E-state index contributed by atoms with van der Waals surface area (Å²) >= 11 is 0. The molecular formula is C9H18N2O2. The SMILES string of the molecule is CCCC1CC(N)(C(N)=O)CCO1. The van der Waals surface area contributed by atoms with Crippen molar-refractivity contribution < 1.29 is 9.53 Å². The standard InChI is InChI=1S/C9H18N2O2/c1-2-3-7-6-9(11,8(10)12)4-5-13-7/h7H,2-6,11H2,1H3,(H2,10,12). The molecule has 1 amide bonds. The fourth-order valence-electron chi connectivity index (χ4n) is 1.71. The third-order valence-electron chi connectivity index (χ3n) is 2.60. The van der Waals surface area contributed by atoms with Crippen LogP contribution in [0.2, 0.25) is 0 Å². The lowest BCUT2D eigenvalue weighted by molar-refractivity contribution is -0.129. The average Bonchev–Trinajstić information content (AvgIpc) is 2.04. The van der Waals surface area contributed by atoms with Crippen LogP contribution in [0.1, 0.15) is 32.6 Å². The zero-order chi connectivity index (χ0) is 9.90. The van der Waals surface area contributed by atoms with Crippen molar-refractivity contribution in [3.05, 3.63) is 0 Å². The van der Waals surface area contributed by atoms with Gasteiger partial charge in [0.2, 0.25) is 5.91 Å². The highest BCUT2D eigenvalue weighted by Gasteiger charge is 2.37. The molecule has 1 aliphatic heterocycles. The van der Waals surface area contributed by atoms with E-state index in [-0.39, 0.29) is 6.10 Å². The monoisotopic (exact) mass is 186 g/mol. The second-order valence-corrected chi connectivity index (χ2v) is 3.76. The number of carbonyl (C=O) groups is 1. The molecule has 4 heteroatoms. The van der Waals surface area contributed by atoms with Crippen LogP contribution in [0.15, 0.2) is 0 Å². The Balaban J connectivity index is 2.54.